The quantitative estimate of drug-likeness (QED) is 0.785. The van der Waals surface area contributed by atoms with Crippen molar-refractivity contribution < 1.29 is 14.3 Å². The van der Waals surface area contributed by atoms with Gasteiger partial charge >= 0.3 is 0 Å². The Hall–Kier alpha value is -2.14. The molecule has 0 unspecified atom stereocenters. The lowest BCUT2D eigenvalue weighted by molar-refractivity contribution is 0.0944. The molecule has 122 valence electrons. The molecule has 0 bridgehead atoms. The fraction of sp³-hybridized carbons (Fsp3) is 0.278. The molecule has 5 heteroatoms. The molecule has 0 saturated heterocycles. The lowest BCUT2D eigenvalue weighted by Crippen LogP contribution is -2.24. The molecule has 0 spiro atoms. The maximum atomic E-state index is 12.5. The van der Waals surface area contributed by atoms with E-state index in [1.807, 2.05) is 12.1 Å². The largest absolute Gasteiger partial charge is 0.496 e. The van der Waals surface area contributed by atoms with Gasteiger partial charge in [0, 0.05) is 11.4 Å². The number of benzene rings is 2. The van der Waals surface area contributed by atoms with Gasteiger partial charge in [-0.2, -0.15) is 0 Å². The Morgan fingerprint density at radius 1 is 1.04 bits per heavy atom. The highest BCUT2D eigenvalue weighted by Crippen LogP contribution is 2.28. The van der Waals surface area contributed by atoms with Crippen LogP contribution in [0.25, 0.3) is 0 Å². The van der Waals surface area contributed by atoms with E-state index in [2.05, 4.69) is 24.4 Å². The number of hydrogen-bond donors (Lipinski definition) is 1. The topological polar surface area (TPSA) is 47.6 Å². The molecule has 4 nitrogen and oxygen atoms in total. The predicted octanol–water partition coefficient (Wildman–Crippen LogP) is 3.75. The molecule has 1 amide bonds. The SMILES string of the molecule is CCSc1ccc(CNC(=O)c2c(OC)cccc2OC)cc1. The summed E-state index contributed by atoms with van der Waals surface area (Å²) in [5.74, 6) is 1.82. The summed E-state index contributed by atoms with van der Waals surface area (Å²) in [7, 11) is 3.07. The Labute approximate surface area is 141 Å². The van der Waals surface area contributed by atoms with Crippen molar-refractivity contribution in [2.24, 2.45) is 0 Å². The average Bonchev–Trinajstić information content (AvgIpc) is 2.60. The molecule has 1 N–H and O–H groups in total. The molecule has 0 atom stereocenters. The maximum absolute atomic E-state index is 12.5. The van der Waals surface area contributed by atoms with Gasteiger partial charge in [-0.1, -0.05) is 25.1 Å². The molecular weight excluding hydrogens is 310 g/mol. The number of hydrogen-bond acceptors (Lipinski definition) is 4. The van der Waals surface area contributed by atoms with Gasteiger partial charge in [-0.15, -0.1) is 11.8 Å². The maximum Gasteiger partial charge on any atom is 0.259 e. The Morgan fingerprint density at radius 2 is 1.65 bits per heavy atom. The molecule has 0 heterocycles. The monoisotopic (exact) mass is 331 g/mol. The second-order valence-electron chi connectivity index (χ2n) is 4.80. The van der Waals surface area contributed by atoms with Gasteiger partial charge in [0.2, 0.25) is 0 Å². The Morgan fingerprint density at radius 3 is 2.17 bits per heavy atom. The zero-order valence-electron chi connectivity index (χ0n) is 13.6. The first kappa shape index (κ1) is 17.2. The molecular formula is C18H21NO3S. The molecule has 23 heavy (non-hydrogen) atoms. The number of nitrogens with one attached hydrogen (secondary N) is 1. The first-order valence-corrected chi connectivity index (χ1v) is 8.39. The minimum atomic E-state index is -0.216. The van der Waals surface area contributed by atoms with Gasteiger partial charge in [-0.25, -0.2) is 0 Å². The molecule has 2 rings (SSSR count). The van der Waals surface area contributed by atoms with E-state index in [1.54, 1.807) is 30.0 Å². The van der Waals surface area contributed by atoms with Crippen LogP contribution in [0.3, 0.4) is 0 Å². The first-order chi connectivity index (χ1) is 11.2. The van der Waals surface area contributed by atoms with Crippen LogP contribution in [-0.2, 0) is 6.54 Å². The highest BCUT2D eigenvalue weighted by atomic mass is 32.2. The van der Waals surface area contributed by atoms with Crippen LogP contribution >= 0.6 is 11.8 Å². The predicted molar refractivity (Wildman–Crippen MR) is 93.6 cm³/mol. The molecule has 0 fully saturated rings. The van der Waals surface area contributed by atoms with Crippen LogP contribution in [0.15, 0.2) is 47.4 Å². The van der Waals surface area contributed by atoms with Crippen LogP contribution in [0, 0.1) is 0 Å². The Balaban J connectivity index is 2.07. The second kappa shape index (κ2) is 8.48. The van der Waals surface area contributed by atoms with Crippen molar-refractivity contribution >= 4 is 17.7 Å². The number of ether oxygens (including phenoxy) is 2. The fourth-order valence-electron chi connectivity index (χ4n) is 2.22. The highest BCUT2D eigenvalue weighted by molar-refractivity contribution is 7.99. The third-order valence-corrected chi connectivity index (χ3v) is 4.24. The number of methoxy groups -OCH3 is 2. The van der Waals surface area contributed by atoms with Gasteiger partial charge in [-0.05, 0) is 35.6 Å². The van der Waals surface area contributed by atoms with Crippen molar-refractivity contribution in [3.05, 3.63) is 53.6 Å². The zero-order chi connectivity index (χ0) is 16.7. The summed E-state index contributed by atoms with van der Waals surface area (Å²) in [5, 5.41) is 2.91. The Kier molecular flexibility index (Phi) is 6.35. The van der Waals surface area contributed by atoms with E-state index in [0.29, 0.717) is 23.6 Å². The summed E-state index contributed by atoms with van der Waals surface area (Å²) in [4.78, 5) is 13.7. The third kappa shape index (κ3) is 4.42. The van der Waals surface area contributed by atoms with Crippen molar-refractivity contribution in [2.45, 2.75) is 18.4 Å². The molecule has 0 saturated carbocycles. The summed E-state index contributed by atoms with van der Waals surface area (Å²) in [6.07, 6.45) is 0. The van der Waals surface area contributed by atoms with Crippen molar-refractivity contribution in [3.8, 4) is 11.5 Å². The summed E-state index contributed by atoms with van der Waals surface area (Å²) >= 11 is 1.79. The smallest absolute Gasteiger partial charge is 0.259 e. The molecule has 0 aromatic heterocycles. The van der Waals surface area contributed by atoms with Crippen molar-refractivity contribution in [3.63, 3.8) is 0 Å². The van der Waals surface area contributed by atoms with Gasteiger partial charge in [-0.3, -0.25) is 4.79 Å². The lowest BCUT2D eigenvalue weighted by atomic mass is 10.1. The van der Waals surface area contributed by atoms with Gasteiger partial charge < -0.3 is 14.8 Å². The van der Waals surface area contributed by atoms with Crippen LogP contribution < -0.4 is 14.8 Å². The summed E-state index contributed by atoms with van der Waals surface area (Å²) in [5.41, 5.74) is 1.46. The second-order valence-corrected chi connectivity index (χ2v) is 6.13. The average molecular weight is 331 g/mol. The Bertz CT molecular complexity index is 634. The van der Waals surface area contributed by atoms with E-state index in [9.17, 15) is 4.79 Å². The van der Waals surface area contributed by atoms with E-state index >= 15 is 0 Å². The minimum Gasteiger partial charge on any atom is -0.496 e. The van der Waals surface area contributed by atoms with Gasteiger partial charge in [0.05, 0.1) is 14.2 Å². The number of carbonyl (C=O) groups excluding carboxylic acids is 1. The first-order valence-electron chi connectivity index (χ1n) is 7.40. The minimum absolute atomic E-state index is 0.216. The van der Waals surface area contributed by atoms with Gasteiger partial charge in [0.25, 0.3) is 5.91 Å². The number of amides is 1. The van der Waals surface area contributed by atoms with Gasteiger partial charge in [0.1, 0.15) is 17.1 Å². The van der Waals surface area contributed by atoms with E-state index in [4.69, 9.17) is 9.47 Å². The third-order valence-electron chi connectivity index (χ3n) is 3.34. The molecule has 2 aromatic rings. The molecule has 0 radical (unpaired) electrons. The number of carbonyl (C=O) groups is 1. The van der Waals surface area contributed by atoms with Crippen molar-refractivity contribution in [2.75, 3.05) is 20.0 Å². The van der Waals surface area contributed by atoms with E-state index in [1.165, 1.54) is 19.1 Å². The van der Waals surface area contributed by atoms with E-state index in [0.717, 1.165) is 11.3 Å². The molecule has 0 aliphatic rings. The highest BCUT2D eigenvalue weighted by Gasteiger charge is 2.17. The van der Waals surface area contributed by atoms with Crippen molar-refractivity contribution in [1.29, 1.82) is 0 Å². The van der Waals surface area contributed by atoms with Crippen LogP contribution in [0.2, 0.25) is 0 Å². The summed E-state index contributed by atoms with van der Waals surface area (Å²) < 4.78 is 10.5. The standard InChI is InChI=1S/C18H21NO3S/c1-4-23-14-10-8-13(9-11-14)12-19-18(20)17-15(21-2)6-5-7-16(17)22-3/h5-11H,4,12H2,1-3H3,(H,19,20). The molecule has 2 aromatic carbocycles. The van der Waals surface area contributed by atoms with Crippen LogP contribution in [0.5, 0.6) is 11.5 Å². The van der Waals surface area contributed by atoms with E-state index < -0.39 is 0 Å². The number of thioether (sulfide) groups is 1. The zero-order valence-corrected chi connectivity index (χ0v) is 14.4. The fourth-order valence-corrected chi connectivity index (χ4v) is 2.88. The lowest BCUT2D eigenvalue weighted by Gasteiger charge is -2.13. The summed E-state index contributed by atoms with van der Waals surface area (Å²) in [6.45, 7) is 2.58. The van der Waals surface area contributed by atoms with Crippen LogP contribution in [-0.4, -0.2) is 25.9 Å². The van der Waals surface area contributed by atoms with Crippen LogP contribution in [0.4, 0.5) is 0 Å². The molecule has 0 aliphatic carbocycles. The van der Waals surface area contributed by atoms with Crippen molar-refractivity contribution in [1.82, 2.24) is 5.32 Å². The number of rotatable bonds is 7. The summed E-state index contributed by atoms with van der Waals surface area (Å²) in [6, 6.07) is 13.5. The van der Waals surface area contributed by atoms with Crippen LogP contribution in [0.1, 0.15) is 22.8 Å². The van der Waals surface area contributed by atoms with E-state index in [-0.39, 0.29) is 5.91 Å². The molecule has 0 aliphatic heterocycles. The van der Waals surface area contributed by atoms with Gasteiger partial charge in [0.15, 0.2) is 0 Å². The normalized spacial score (nSPS) is 10.2.